The van der Waals surface area contributed by atoms with Gasteiger partial charge in [-0.05, 0) is 90.8 Å². The van der Waals surface area contributed by atoms with Gasteiger partial charge in [0.25, 0.3) is 0 Å². The molecule has 1 saturated heterocycles. The highest BCUT2D eigenvalue weighted by atomic mass is 32.2. The number of anilines is 1. The average molecular weight is 601 g/mol. The number of allylic oxidation sites excluding steroid dienone is 2. The number of fused-ring (bicyclic) bond motifs is 1. The third-order valence-electron chi connectivity index (χ3n) is 9.95. The number of benzene rings is 2. The van der Waals surface area contributed by atoms with Crippen molar-refractivity contribution in [1.29, 1.82) is 0 Å². The van der Waals surface area contributed by atoms with Crippen LogP contribution in [-0.2, 0) is 16.3 Å². The van der Waals surface area contributed by atoms with Crippen LogP contribution in [0, 0.1) is 5.92 Å². The maximum atomic E-state index is 11.0. The molecule has 2 aliphatic carbocycles. The summed E-state index contributed by atoms with van der Waals surface area (Å²) in [6, 6.07) is 16.3. The van der Waals surface area contributed by atoms with Crippen molar-refractivity contribution < 1.29 is 9.84 Å². The Labute approximate surface area is 262 Å². The van der Waals surface area contributed by atoms with Crippen LogP contribution >= 0.6 is 0 Å². The van der Waals surface area contributed by atoms with Crippen LogP contribution in [0.2, 0.25) is 0 Å². The highest BCUT2D eigenvalue weighted by molar-refractivity contribution is 7.92. The molecule has 0 amide bonds. The second-order valence-corrected chi connectivity index (χ2v) is 15.5. The van der Waals surface area contributed by atoms with E-state index in [2.05, 4.69) is 84.2 Å². The van der Waals surface area contributed by atoms with Gasteiger partial charge in [-0.25, -0.2) is 8.42 Å². The summed E-state index contributed by atoms with van der Waals surface area (Å²) in [5, 5.41) is 0.0162. The first-order valence-electron chi connectivity index (χ1n) is 16.4. The predicted molar refractivity (Wildman–Crippen MR) is 185 cm³/mol. The number of nitrogens with zero attached hydrogens (tertiary/aromatic N) is 2. The van der Waals surface area contributed by atoms with Crippen molar-refractivity contribution in [1.82, 2.24) is 4.90 Å². The Bertz CT molecular complexity index is 1450. The Morgan fingerprint density at radius 3 is 2.37 bits per heavy atom. The Hall–Kier alpha value is -3.05. The van der Waals surface area contributed by atoms with Crippen LogP contribution in [0.5, 0.6) is 0 Å². The normalized spacial score (nSPS) is 19.1. The number of likely N-dealkylation sites (tertiary alicyclic amines) is 1. The van der Waals surface area contributed by atoms with Crippen LogP contribution < -0.4 is 4.90 Å². The van der Waals surface area contributed by atoms with Crippen molar-refractivity contribution in [3.8, 4) is 0 Å². The lowest BCUT2D eigenvalue weighted by Gasteiger charge is -2.42. The summed E-state index contributed by atoms with van der Waals surface area (Å²) in [6.45, 7) is 17.2. The summed E-state index contributed by atoms with van der Waals surface area (Å²) < 4.78 is 22.0. The van der Waals surface area contributed by atoms with E-state index < -0.39 is 9.84 Å². The van der Waals surface area contributed by atoms with Crippen molar-refractivity contribution in [2.75, 3.05) is 30.3 Å². The second-order valence-electron chi connectivity index (χ2n) is 12.9. The molecule has 2 aromatic carbocycles. The molecule has 43 heavy (non-hydrogen) atoms. The summed E-state index contributed by atoms with van der Waals surface area (Å²) in [5.74, 6) is 1.79. The minimum absolute atomic E-state index is 0. The van der Waals surface area contributed by atoms with Crippen LogP contribution in [-0.4, -0.2) is 44.0 Å². The van der Waals surface area contributed by atoms with Crippen molar-refractivity contribution in [3.63, 3.8) is 0 Å². The monoisotopic (exact) mass is 600 g/mol. The molecule has 4 nitrogen and oxygen atoms in total. The van der Waals surface area contributed by atoms with Crippen LogP contribution in [0.15, 0.2) is 85.7 Å². The quantitative estimate of drug-likeness (QED) is 0.255. The topological polar surface area (TPSA) is 40.6 Å². The van der Waals surface area contributed by atoms with Crippen molar-refractivity contribution in [2.24, 2.45) is 5.92 Å². The molecule has 0 bridgehead atoms. The molecule has 0 N–H and O–H groups in total. The molecule has 5 heteroatoms. The van der Waals surface area contributed by atoms with E-state index in [0.29, 0.717) is 11.7 Å². The van der Waals surface area contributed by atoms with E-state index in [9.17, 15) is 8.42 Å². The van der Waals surface area contributed by atoms with Gasteiger partial charge in [0.1, 0.15) is 0 Å². The van der Waals surface area contributed by atoms with E-state index in [1.807, 2.05) is 6.08 Å². The molecule has 0 radical (unpaired) electrons. The highest BCUT2D eigenvalue weighted by Crippen LogP contribution is 2.35. The molecular weight excluding hydrogens is 548 g/mol. The maximum absolute atomic E-state index is 11.0. The lowest BCUT2D eigenvalue weighted by atomic mass is 9.83. The van der Waals surface area contributed by atoms with E-state index in [-0.39, 0.29) is 6.68 Å². The minimum atomic E-state index is -2.66. The molecule has 2 saturated carbocycles. The average Bonchev–Trinajstić information content (AvgIpc) is 2.97. The van der Waals surface area contributed by atoms with E-state index in [0.717, 1.165) is 62.6 Å². The van der Waals surface area contributed by atoms with Gasteiger partial charge >= 0.3 is 0 Å². The van der Waals surface area contributed by atoms with Gasteiger partial charge in [0.05, 0.1) is 5.25 Å². The maximum Gasteiger partial charge on any atom is 0.152 e. The molecule has 2 heterocycles. The zero-order valence-electron chi connectivity index (χ0n) is 26.1. The molecule has 2 aliphatic heterocycles. The molecular formula is C38H52N2O2S. The minimum Gasteiger partial charge on any atom is -0.371 e. The summed E-state index contributed by atoms with van der Waals surface area (Å²) in [5.41, 5.74) is 9.09. The molecule has 0 unspecified atom stereocenters. The predicted octanol–water partition coefficient (Wildman–Crippen LogP) is 8.91. The molecule has 4 aliphatic rings. The van der Waals surface area contributed by atoms with Gasteiger partial charge in [-0.15, -0.1) is 0 Å². The summed E-state index contributed by atoms with van der Waals surface area (Å²) in [6.07, 6.45) is 18.2. The fourth-order valence-electron chi connectivity index (χ4n) is 6.79. The lowest BCUT2D eigenvalue weighted by Crippen LogP contribution is -2.46. The molecule has 0 spiro atoms. The van der Waals surface area contributed by atoms with Crippen LogP contribution in [0.3, 0.4) is 0 Å². The van der Waals surface area contributed by atoms with Crippen LogP contribution in [0.4, 0.5) is 5.69 Å². The van der Waals surface area contributed by atoms with Crippen molar-refractivity contribution >= 4 is 21.6 Å². The SMILES string of the molecule is C=CC(=C)N1CC(CCN2C(=C)C=Cc3ccc(Cc4cccc(C5CCCCC5)c4)cc32)C1.CCS(=O)(=O)C1CCC1.[HH]. The third-order valence-corrected chi connectivity index (χ3v) is 12.2. The van der Waals surface area contributed by atoms with Gasteiger partial charge < -0.3 is 9.80 Å². The Morgan fingerprint density at radius 1 is 0.977 bits per heavy atom. The van der Waals surface area contributed by atoms with Gasteiger partial charge in [-0.1, -0.05) is 94.8 Å². The Balaban J connectivity index is 0.000000381. The third kappa shape index (κ3) is 7.73. The number of hydrogen-bond donors (Lipinski definition) is 0. The van der Waals surface area contributed by atoms with E-state index in [1.165, 1.54) is 60.9 Å². The number of sulfone groups is 1. The fraction of sp³-hybridized carbons (Fsp3) is 0.474. The first kappa shape index (κ1) is 31.4. The van der Waals surface area contributed by atoms with E-state index in [1.54, 1.807) is 12.5 Å². The van der Waals surface area contributed by atoms with E-state index in [4.69, 9.17) is 0 Å². The number of hydrogen-bond acceptors (Lipinski definition) is 4. The molecule has 0 aromatic heterocycles. The molecule has 2 aromatic rings. The summed E-state index contributed by atoms with van der Waals surface area (Å²) in [4.78, 5) is 4.73. The van der Waals surface area contributed by atoms with Crippen LogP contribution in [0.25, 0.3) is 6.08 Å². The number of rotatable bonds is 10. The Morgan fingerprint density at radius 2 is 1.72 bits per heavy atom. The van der Waals surface area contributed by atoms with Crippen molar-refractivity contribution in [2.45, 2.75) is 82.3 Å². The first-order chi connectivity index (χ1) is 20.8. The molecule has 6 rings (SSSR count). The van der Waals surface area contributed by atoms with Crippen molar-refractivity contribution in [3.05, 3.63) is 108 Å². The standard InChI is InChI=1S/C32H38N2.C6H12O2S.H2/c1-4-24(2)33-22-28(23-33)17-18-34-25(3)13-15-30-16-14-27(21-32(30)34)19-26-9-8-12-31(20-26)29-10-6-5-7-11-29;1-2-9(7,8)6-4-3-5-6;/h4,8-9,12-16,20-21,28-29H,1-3,5-7,10-11,17-19,22-23H2;6H,2-5H2,1H3;1H. The van der Waals surface area contributed by atoms with Gasteiger partial charge in [-0.3, -0.25) is 0 Å². The second kappa shape index (κ2) is 14.2. The van der Waals surface area contributed by atoms with Crippen LogP contribution in [0.1, 0.15) is 94.3 Å². The largest absolute Gasteiger partial charge is 0.371 e. The zero-order valence-corrected chi connectivity index (χ0v) is 27.0. The van der Waals surface area contributed by atoms with Gasteiger partial charge in [0.15, 0.2) is 9.84 Å². The first-order valence-corrected chi connectivity index (χ1v) is 18.1. The molecule has 3 fully saturated rings. The summed E-state index contributed by atoms with van der Waals surface area (Å²) >= 11 is 0. The van der Waals surface area contributed by atoms with Gasteiger partial charge in [0.2, 0.25) is 0 Å². The zero-order chi connectivity index (χ0) is 30.4. The fourth-order valence-corrected chi connectivity index (χ4v) is 8.31. The summed E-state index contributed by atoms with van der Waals surface area (Å²) in [7, 11) is -2.66. The smallest absolute Gasteiger partial charge is 0.152 e. The van der Waals surface area contributed by atoms with Gasteiger partial charge in [-0.2, -0.15) is 0 Å². The van der Waals surface area contributed by atoms with E-state index >= 15 is 0 Å². The Kier molecular flexibility index (Phi) is 10.3. The lowest BCUT2D eigenvalue weighted by molar-refractivity contribution is 0.143. The molecule has 0 atom stereocenters. The van der Waals surface area contributed by atoms with Gasteiger partial charge in [0, 0.05) is 43.9 Å². The molecule has 232 valence electrons. The highest BCUT2D eigenvalue weighted by Gasteiger charge is 2.29.